The van der Waals surface area contributed by atoms with E-state index in [0.717, 1.165) is 29.7 Å². The van der Waals surface area contributed by atoms with Crippen LogP contribution >= 0.6 is 0 Å². The van der Waals surface area contributed by atoms with Gasteiger partial charge in [0.1, 0.15) is 11.5 Å². The lowest BCUT2D eigenvalue weighted by Gasteiger charge is -2.20. The van der Waals surface area contributed by atoms with E-state index in [1.54, 1.807) is 12.1 Å². The number of rotatable bonds is 17. The van der Waals surface area contributed by atoms with Gasteiger partial charge >= 0.3 is 18.1 Å². The SMILES string of the molecule is CCCCCCCCOc1ccc(-c2ccc(C(=O)Oc3ccc(C(=O)O[C@@H](CCCCC)C(F)(F)F)cc3)cc2)cc1. The van der Waals surface area contributed by atoms with E-state index in [-0.39, 0.29) is 17.7 Å². The summed E-state index contributed by atoms with van der Waals surface area (Å²) in [7, 11) is 0. The zero-order valence-electron chi connectivity index (χ0n) is 25.0. The maximum Gasteiger partial charge on any atom is 0.425 e. The normalized spacial score (nSPS) is 12.0. The van der Waals surface area contributed by atoms with Crippen molar-refractivity contribution < 1.29 is 37.0 Å². The Kier molecular flexibility index (Phi) is 13.6. The average Bonchev–Trinajstić information content (AvgIpc) is 3.00. The van der Waals surface area contributed by atoms with Crippen LogP contribution in [-0.2, 0) is 4.74 Å². The highest BCUT2D eigenvalue weighted by Crippen LogP contribution is 2.28. The molecule has 0 aliphatic rings. The Hall–Kier alpha value is -3.81. The molecule has 1 atom stereocenters. The van der Waals surface area contributed by atoms with E-state index in [9.17, 15) is 22.8 Å². The monoisotopic (exact) mass is 598 g/mol. The lowest BCUT2D eigenvalue weighted by molar-refractivity contribution is -0.206. The Bertz CT molecular complexity index is 1250. The minimum atomic E-state index is -4.64. The van der Waals surface area contributed by atoms with Crippen molar-refractivity contribution in [1.82, 2.24) is 0 Å². The smallest absolute Gasteiger partial charge is 0.425 e. The molecule has 8 heteroatoms. The van der Waals surface area contributed by atoms with Gasteiger partial charge in [0.15, 0.2) is 6.10 Å². The van der Waals surface area contributed by atoms with Gasteiger partial charge in [-0.15, -0.1) is 0 Å². The number of alkyl halides is 3. The zero-order chi connectivity index (χ0) is 31.1. The maximum absolute atomic E-state index is 13.3. The number of carbonyl (C=O) groups excluding carboxylic acids is 2. The Balaban J connectivity index is 1.49. The largest absolute Gasteiger partial charge is 0.494 e. The lowest BCUT2D eigenvalue weighted by Crippen LogP contribution is -2.33. The summed E-state index contributed by atoms with van der Waals surface area (Å²) < 4.78 is 55.8. The fraction of sp³-hybridized carbons (Fsp3) is 0.429. The molecule has 0 aromatic heterocycles. The minimum absolute atomic E-state index is 0.0623. The molecule has 0 heterocycles. The van der Waals surface area contributed by atoms with E-state index in [4.69, 9.17) is 14.2 Å². The van der Waals surface area contributed by atoms with Crippen LogP contribution in [0.4, 0.5) is 13.2 Å². The Labute approximate surface area is 252 Å². The first kappa shape index (κ1) is 33.7. The highest BCUT2D eigenvalue weighted by Gasteiger charge is 2.42. The van der Waals surface area contributed by atoms with Crippen molar-refractivity contribution in [3.63, 3.8) is 0 Å². The molecule has 0 aliphatic heterocycles. The van der Waals surface area contributed by atoms with Crippen molar-refractivity contribution in [3.05, 3.63) is 83.9 Å². The second-order valence-electron chi connectivity index (χ2n) is 10.6. The van der Waals surface area contributed by atoms with Crippen LogP contribution in [-0.4, -0.2) is 30.8 Å². The summed E-state index contributed by atoms with van der Waals surface area (Å²) in [5.41, 5.74) is 2.17. The van der Waals surface area contributed by atoms with Crippen LogP contribution in [0.25, 0.3) is 11.1 Å². The van der Waals surface area contributed by atoms with Gasteiger partial charge in [-0.05, 0) is 78.9 Å². The molecule has 0 radical (unpaired) electrons. The quantitative estimate of drug-likeness (QED) is 0.0879. The second kappa shape index (κ2) is 17.3. The van der Waals surface area contributed by atoms with E-state index in [2.05, 4.69) is 6.92 Å². The molecule has 0 aliphatic carbocycles. The topological polar surface area (TPSA) is 61.8 Å². The number of hydrogen-bond acceptors (Lipinski definition) is 5. The molecule has 0 spiro atoms. The third kappa shape index (κ3) is 11.4. The van der Waals surface area contributed by atoms with Gasteiger partial charge in [-0.25, -0.2) is 9.59 Å². The van der Waals surface area contributed by atoms with Gasteiger partial charge in [0, 0.05) is 0 Å². The molecule has 5 nitrogen and oxygen atoms in total. The van der Waals surface area contributed by atoms with Gasteiger partial charge in [0.25, 0.3) is 0 Å². The number of halogens is 3. The number of hydrogen-bond donors (Lipinski definition) is 0. The van der Waals surface area contributed by atoms with Crippen LogP contribution < -0.4 is 9.47 Å². The van der Waals surface area contributed by atoms with Crippen LogP contribution in [0.15, 0.2) is 72.8 Å². The van der Waals surface area contributed by atoms with E-state index in [1.807, 2.05) is 43.3 Å². The van der Waals surface area contributed by atoms with Crippen LogP contribution in [0.3, 0.4) is 0 Å². The van der Waals surface area contributed by atoms with Gasteiger partial charge in [0.2, 0.25) is 0 Å². The number of carbonyl (C=O) groups is 2. The van der Waals surface area contributed by atoms with Crippen molar-refractivity contribution in [1.29, 1.82) is 0 Å². The number of esters is 2. The zero-order valence-corrected chi connectivity index (χ0v) is 25.0. The standard InChI is InChI=1S/C35H41F3O5/c1-3-5-7-8-9-11-25-41-30-21-17-27(18-22-30)26-13-15-28(16-14-26)33(39)42-31-23-19-29(20-24-31)34(40)43-32(35(36,37)38)12-10-6-4-2/h13-24,32H,3-12,25H2,1-2H3/t32-/m0/s1. The molecule has 0 bridgehead atoms. The third-order valence-electron chi connectivity index (χ3n) is 7.06. The molecular weight excluding hydrogens is 557 g/mol. The van der Waals surface area contributed by atoms with Gasteiger partial charge in [-0.1, -0.05) is 83.1 Å². The predicted octanol–water partition coefficient (Wildman–Crippen LogP) is 9.98. The highest BCUT2D eigenvalue weighted by atomic mass is 19.4. The van der Waals surface area contributed by atoms with E-state index in [1.165, 1.54) is 56.4 Å². The van der Waals surface area contributed by atoms with Gasteiger partial charge in [0.05, 0.1) is 17.7 Å². The van der Waals surface area contributed by atoms with Crippen LogP contribution in [0.2, 0.25) is 0 Å². The second-order valence-corrected chi connectivity index (χ2v) is 10.6. The summed E-state index contributed by atoms with van der Waals surface area (Å²) in [6.45, 7) is 4.79. The molecule has 0 N–H and O–H groups in total. The summed E-state index contributed by atoms with van der Waals surface area (Å²) in [5, 5.41) is 0. The molecule has 3 aromatic rings. The highest BCUT2D eigenvalue weighted by molar-refractivity contribution is 5.92. The maximum atomic E-state index is 13.3. The molecule has 43 heavy (non-hydrogen) atoms. The first-order chi connectivity index (χ1) is 20.7. The minimum Gasteiger partial charge on any atom is -0.494 e. The van der Waals surface area contributed by atoms with Gasteiger partial charge in [-0.3, -0.25) is 0 Å². The van der Waals surface area contributed by atoms with Crippen molar-refractivity contribution in [2.24, 2.45) is 0 Å². The fourth-order valence-corrected chi connectivity index (χ4v) is 4.51. The number of benzene rings is 3. The average molecular weight is 599 g/mol. The van der Waals surface area contributed by atoms with Crippen LogP contribution in [0.1, 0.15) is 98.8 Å². The summed E-state index contributed by atoms with van der Waals surface area (Å²) >= 11 is 0. The summed E-state index contributed by atoms with van der Waals surface area (Å²) in [6, 6.07) is 20.0. The summed E-state index contributed by atoms with van der Waals surface area (Å²) in [5.74, 6) is -0.709. The van der Waals surface area contributed by atoms with Crippen LogP contribution in [0, 0.1) is 0 Å². The van der Waals surface area contributed by atoms with Crippen molar-refractivity contribution in [2.75, 3.05) is 6.61 Å². The van der Waals surface area contributed by atoms with Crippen molar-refractivity contribution >= 4 is 11.9 Å². The Morgan fingerprint density at radius 2 is 1.12 bits per heavy atom. The van der Waals surface area contributed by atoms with Gasteiger partial charge < -0.3 is 14.2 Å². The molecule has 0 amide bonds. The molecule has 0 saturated carbocycles. The molecule has 3 rings (SSSR count). The first-order valence-corrected chi connectivity index (χ1v) is 15.1. The molecule has 0 fully saturated rings. The summed E-state index contributed by atoms with van der Waals surface area (Å²) in [6.07, 6.45) is 1.88. The van der Waals surface area contributed by atoms with Gasteiger partial charge in [-0.2, -0.15) is 13.2 Å². The molecule has 0 unspecified atom stereocenters. The lowest BCUT2D eigenvalue weighted by atomic mass is 10.0. The fourth-order valence-electron chi connectivity index (χ4n) is 4.51. The Morgan fingerprint density at radius 1 is 0.628 bits per heavy atom. The molecule has 3 aromatic carbocycles. The third-order valence-corrected chi connectivity index (χ3v) is 7.06. The Morgan fingerprint density at radius 3 is 1.72 bits per heavy atom. The molecular formula is C35H41F3O5. The predicted molar refractivity (Wildman–Crippen MR) is 162 cm³/mol. The van der Waals surface area contributed by atoms with E-state index >= 15 is 0 Å². The van der Waals surface area contributed by atoms with Crippen molar-refractivity contribution in [3.8, 4) is 22.6 Å². The van der Waals surface area contributed by atoms with E-state index < -0.39 is 24.2 Å². The molecule has 232 valence electrons. The number of ether oxygens (including phenoxy) is 3. The van der Waals surface area contributed by atoms with Crippen LogP contribution in [0.5, 0.6) is 11.5 Å². The van der Waals surface area contributed by atoms with E-state index in [0.29, 0.717) is 25.0 Å². The summed E-state index contributed by atoms with van der Waals surface area (Å²) in [4.78, 5) is 25.0. The molecule has 0 saturated heterocycles. The number of unbranched alkanes of at least 4 members (excludes halogenated alkanes) is 7. The van der Waals surface area contributed by atoms with Crippen molar-refractivity contribution in [2.45, 2.75) is 90.3 Å². The first-order valence-electron chi connectivity index (χ1n) is 15.1.